The Morgan fingerprint density at radius 2 is 1.15 bits per heavy atom. The van der Waals surface area contributed by atoms with Crippen LogP contribution in [0.5, 0.6) is 0 Å². The van der Waals surface area contributed by atoms with Gasteiger partial charge >= 0.3 is 0 Å². The summed E-state index contributed by atoms with van der Waals surface area (Å²) in [5.74, 6) is -1.56. The Balaban J connectivity index is 4.07. The normalized spacial score (nSPS) is 13.4. The third-order valence-electron chi connectivity index (χ3n) is 1.30. The summed E-state index contributed by atoms with van der Waals surface area (Å²) in [6, 6.07) is 0.147. The van der Waals surface area contributed by atoms with E-state index in [4.69, 9.17) is 37.4 Å². The standard InChI is InChI=1S/C8H16Cl2O3/c1-7(2,11-5-9)13-8(3,4)12-6-10/h5-6H2,1-4H3. The molecular weight excluding hydrogens is 215 g/mol. The molecule has 0 fully saturated rings. The summed E-state index contributed by atoms with van der Waals surface area (Å²) >= 11 is 10.8. The van der Waals surface area contributed by atoms with E-state index in [0.717, 1.165) is 0 Å². The summed E-state index contributed by atoms with van der Waals surface area (Å²) in [4.78, 5) is 0. The first-order valence-electron chi connectivity index (χ1n) is 3.93. The molecule has 0 aliphatic heterocycles. The van der Waals surface area contributed by atoms with Gasteiger partial charge in [0.15, 0.2) is 11.6 Å². The van der Waals surface area contributed by atoms with Gasteiger partial charge in [0.1, 0.15) is 12.1 Å². The summed E-state index contributed by atoms with van der Waals surface area (Å²) in [7, 11) is 0. The molecule has 0 aromatic rings. The predicted molar refractivity (Wildman–Crippen MR) is 52.9 cm³/mol. The van der Waals surface area contributed by atoms with Crippen LogP contribution in [0.2, 0.25) is 0 Å². The van der Waals surface area contributed by atoms with Crippen molar-refractivity contribution in [3.8, 4) is 0 Å². The van der Waals surface area contributed by atoms with Crippen molar-refractivity contribution in [3.63, 3.8) is 0 Å². The highest BCUT2D eigenvalue weighted by atomic mass is 35.5. The fourth-order valence-electron chi connectivity index (χ4n) is 0.914. The average Bonchev–Trinajstić information content (AvgIpc) is 1.82. The first kappa shape index (κ1) is 13.5. The number of hydrogen-bond acceptors (Lipinski definition) is 3. The second-order valence-electron chi connectivity index (χ2n) is 3.41. The molecule has 0 unspecified atom stereocenters. The molecule has 0 saturated heterocycles. The Bertz CT molecular complexity index is 132. The van der Waals surface area contributed by atoms with E-state index in [9.17, 15) is 0 Å². The molecule has 0 heterocycles. The lowest BCUT2D eigenvalue weighted by Gasteiger charge is -2.34. The molecule has 0 aromatic carbocycles. The maximum atomic E-state index is 5.49. The van der Waals surface area contributed by atoms with Gasteiger partial charge in [-0.1, -0.05) is 23.2 Å². The SMILES string of the molecule is CC(C)(OCCl)OC(C)(C)OCCl. The molecule has 0 rings (SSSR count). The molecular formula is C8H16Cl2O3. The first-order valence-corrected chi connectivity index (χ1v) is 5.00. The lowest BCUT2D eigenvalue weighted by molar-refractivity contribution is -0.325. The van der Waals surface area contributed by atoms with Gasteiger partial charge in [-0.15, -0.1) is 0 Å². The van der Waals surface area contributed by atoms with Crippen LogP contribution in [0.1, 0.15) is 27.7 Å². The van der Waals surface area contributed by atoms with Gasteiger partial charge in [0.05, 0.1) is 0 Å². The molecule has 0 spiro atoms. The van der Waals surface area contributed by atoms with Crippen LogP contribution >= 0.6 is 23.2 Å². The van der Waals surface area contributed by atoms with Crippen LogP contribution < -0.4 is 0 Å². The molecule has 0 aromatic heterocycles. The van der Waals surface area contributed by atoms with Crippen molar-refractivity contribution >= 4 is 23.2 Å². The van der Waals surface area contributed by atoms with E-state index in [0.29, 0.717) is 0 Å². The van der Waals surface area contributed by atoms with E-state index in [2.05, 4.69) is 0 Å². The maximum absolute atomic E-state index is 5.49. The van der Waals surface area contributed by atoms with Crippen LogP contribution in [-0.4, -0.2) is 23.7 Å². The van der Waals surface area contributed by atoms with E-state index in [1.54, 1.807) is 27.7 Å². The van der Waals surface area contributed by atoms with Crippen molar-refractivity contribution < 1.29 is 14.2 Å². The van der Waals surface area contributed by atoms with Gasteiger partial charge in [-0.2, -0.15) is 0 Å². The molecule has 0 saturated carbocycles. The molecule has 3 nitrogen and oxygen atoms in total. The van der Waals surface area contributed by atoms with E-state index in [-0.39, 0.29) is 12.1 Å². The minimum atomic E-state index is -0.780. The smallest absolute Gasteiger partial charge is 0.167 e. The van der Waals surface area contributed by atoms with Crippen LogP contribution in [0.15, 0.2) is 0 Å². The second kappa shape index (κ2) is 5.37. The highest BCUT2D eigenvalue weighted by molar-refractivity contribution is 6.17. The summed E-state index contributed by atoms with van der Waals surface area (Å²) < 4.78 is 15.8. The molecule has 0 amide bonds. The lowest BCUT2D eigenvalue weighted by atomic mass is 10.3. The Hall–Kier alpha value is 0.460. The molecule has 13 heavy (non-hydrogen) atoms. The van der Waals surface area contributed by atoms with Crippen LogP contribution in [0.25, 0.3) is 0 Å². The van der Waals surface area contributed by atoms with E-state index in [1.165, 1.54) is 0 Å². The molecule has 0 aliphatic rings. The first-order chi connectivity index (χ1) is 5.83. The average molecular weight is 231 g/mol. The Morgan fingerprint density at radius 1 is 0.846 bits per heavy atom. The molecule has 0 aliphatic carbocycles. The van der Waals surface area contributed by atoms with Crippen LogP contribution in [0.4, 0.5) is 0 Å². The highest BCUT2D eigenvalue weighted by Gasteiger charge is 2.30. The maximum Gasteiger partial charge on any atom is 0.167 e. The van der Waals surface area contributed by atoms with Gasteiger partial charge in [-0.05, 0) is 27.7 Å². The van der Waals surface area contributed by atoms with E-state index >= 15 is 0 Å². The van der Waals surface area contributed by atoms with Gasteiger partial charge in [0.25, 0.3) is 0 Å². The zero-order chi connectivity index (χ0) is 10.5. The summed E-state index contributed by atoms with van der Waals surface area (Å²) in [5.41, 5.74) is 0. The van der Waals surface area contributed by atoms with Gasteiger partial charge < -0.3 is 14.2 Å². The van der Waals surface area contributed by atoms with Crippen molar-refractivity contribution in [3.05, 3.63) is 0 Å². The van der Waals surface area contributed by atoms with Crippen LogP contribution in [0, 0.1) is 0 Å². The van der Waals surface area contributed by atoms with Gasteiger partial charge in [0.2, 0.25) is 0 Å². The van der Waals surface area contributed by atoms with Gasteiger partial charge in [-0.3, -0.25) is 0 Å². The zero-order valence-electron chi connectivity index (χ0n) is 8.39. The minimum Gasteiger partial charge on any atom is -0.335 e. The van der Waals surface area contributed by atoms with E-state index < -0.39 is 11.6 Å². The molecule has 0 atom stereocenters. The summed E-state index contributed by atoms with van der Waals surface area (Å²) in [5, 5.41) is 0. The quantitative estimate of drug-likeness (QED) is 0.519. The molecule has 5 heteroatoms. The number of rotatable bonds is 6. The number of hydrogen-bond donors (Lipinski definition) is 0. The molecule has 80 valence electrons. The topological polar surface area (TPSA) is 27.7 Å². The molecule has 0 radical (unpaired) electrons. The van der Waals surface area contributed by atoms with Crippen molar-refractivity contribution in [1.82, 2.24) is 0 Å². The van der Waals surface area contributed by atoms with Crippen molar-refractivity contribution in [1.29, 1.82) is 0 Å². The van der Waals surface area contributed by atoms with E-state index in [1.807, 2.05) is 0 Å². The second-order valence-corrected chi connectivity index (χ2v) is 3.85. The zero-order valence-corrected chi connectivity index (χ0v) is 9.91. The third kappa shape index (κ3) is 6.52. The Morgan fingerprint density at radius 3 is 1.38 bits per heavy atom. The monoisotopic (exact) mass is 230 g/mol. The fourth-order valence-corrected chi connectivity index (χ4v) is 1.44. The Labute approximate surface area is 89.2 Å². The largest absolute Gasteiger partial charge is 0.335 e. The lowest BCUT2D eigenvalue weighted by Crippen LogP contribution is -2.40. The van der Waals surface area contributed by atoms with Crippen LogP contribution in [-0.2, 0) is 14.2 Å². The molecule has 0 bridgehead atoms. The van der Waals surface area contributed by atoms with Crippen molar-refractivity contribution in [2.45, 2.75) is 39.3 Å². The highest BCUT2D eigenvalue weighted by Crippen LogP contribution is 2.22. The fraction of sp³-hybridized carbons (Fsp3) is 1.00. The minimum absolute atomic E-state index is 0.0734. The number of ether oxygens (including phenoxy) is 3. The third-order valence-corrected chi connectivity index (χ3v) is 1.51. The Kier molecular flexibility index (Phi) is 5.56. The number of alkyl halides is 2. The van der Waals surface area contributed by atoms with Crippen LogP contribution in [0.3, 0.4) is 0 Å². The van der Waals surface area contributed by atoms with Gasteiger partial charge in [-0.25, -0.2) is 0 Å². The summed E-state index contributed by atoms with van der Waals surface area (Å²) in [6.45, 7) is 7.03. The van der Waals surface area contributed by atoms with Crippen molar-refractivity contribution in [2.24, 2.45) is 0 Å². The predicted octanol–water partition coefficient (Wildman–Crippen LogP) is 2.90. The van der Waals surface area contributed by atoms with Crippen molar-refractivity contribution in [2.75, 3.05) is 12.1 Å². The number of halogens is 2. The van der Waals surface area contributed by atoms with Gasteiger partial charge in [0, 0.05) is 0 Å². The summed E-state index contributed by atoms with van der Waals surface area (Å²) in [6.07, 6.45) is 0. The molecule has 0 N–H and O–H groups in total.